The minimum absolute atomic E-state index is 0.544. The SMILES string of the molecule is Cc1c(/C=C(\C#N)Sc2nc3ccccc3s2)c2ccccc2n1Cc1ccc(Cl)c(Cl)c1. The van der Waals surface area contributed by atoms with E-state index in [1.54, 1.807) is 11.3 Å². The number of nitriles is 1. The van der Waals surface area contributed by atoms with Crippen LogP contribution in [-0.2, 0) is 6.54 Å². The molecule has 0 radical (unpaired) electrons. The summed E-state index contributed by atoms with van der Waals surface area (Å²) < 4.78 is 4.23. The summed E-state index contributed by atoms with van der Waals surface area (Å²) in [7, 11) is 0. The minimum atomic E-state index is 0.544. The van der Waals surface area contributed by atoms with Crippen molar-refractivity contribution in [1.29, 1.82) is 5.26 Å². The molecule has 3 nitrogen and oxygen atoms in total. The largest absolute Gasteiger partial charge is 0.340 e. The van der Waals surface area contributed by atoms with Crippen molar-refractivity contribution in [3.63, 3.8) is 0 Å². The van der Waals surface area contributed by atoms with Gasteiger partial charge in [0.2, 0.25) is 0 Å². The molecule has 0 aliphatic carbocycles. The number of benzene rings is 3. The van der Waals surface area contributed by atoms with Crippen molar-refractivity contribution in [3.8, 4) is 6.07 Å². The molecule has 0 saturated carbocycles. The van der Waals surface area contributed by atoms with E-state index < -0.39 is 0 Å². The number of nitrogens with zero attached hydrogens (tertiary/aromatic N) is 3. The Morgan fingerprint density at radius 2 is 1.88 bits per heavy atom. The number of hydrogen-bond donors (Lipinski definition) is 0. The van der Waals surface area contributed by atoms with Gasteiger partial charge in [0.15, 0.2) is 4.34 Å². The van der Waals surface area contributed by atoms with Crippen molar-refractivity contribution < 1.29 is 0 Å². The number of rotatable bonds is 5. The van der Waals surface area contributed by atoms with Crippen LogP contribution in [-0.4, -0.2) is 9.55 Å². The standard InChI is InChI=1S/C26H17Cl2N3S2/c1-16-20(13-18(14-29)32-26-30-23-7-3-5-9-25(23)33-26)19-6-2-4-8-24(19)31(16)15-17-10-11-21(27)22(28)12-17/h2-13H,15H2,1H3/b18-13+. The number of halogens is 2. The van der Waals surface area contributed by atoms with Crippen LogP contribution in [0.1, 0.15) is 16.8 Å². The van der Waals surface area contributed by atoms with E-state index in [1.165, 1.54) is 11.8 Å². The first-order valence-electron chi connectivity index (χ1n) is 10.2. The average Bonchev–Trinajstić information content (AvgIpc) is 3.35. The van der Waals surface area contributed by atoms with Gasteiger partial charge in [0.05, 0.1) is 25.2 Å². The van der Waals surface area contributed by atoms with Crippen LogP contribution in [0, 0.1) is 18.3 Å². The van der Waals surface area contributed by atoms with Crippen molar-refractivity contribution in [1.82, 2.24) is 9.55 Å². The normalized spacial score (nSPS) is 11.9. The molecule has 5 rings (SSSR count). The molecular formula is C26H17Cl2N3S2. The molecule has 0 N–H and O–H groups in total. The monoisotopic (exact) mass is 505 g/mol. The lowest BCUT2D eigenvalue weighted by Gasteiger charge is -2.10. The van der Waals surface area contributed by atoms with Gasteiger partial charge in [-0.3, -0.25) is 0 Å². The Morgan fingerprint density at radius 3 is 2.67 bits per heavy atom. The summed E-state index contributed by atoms with van der Waals surface area (Å²) in [6, 6.07) is 24.3. The van der Waals surface area contributed by atoms with E-state index in [-0.39, 0.29) is 0 Å². The molecule has 0 bridgehead atoms. The van der Waals surface area contributed by atoms with Crippen molar-refractivity contribution in [2.24, 2.45) is 0 Å². The van der Waals surface area contributed by atoms with E-state index in [2.05, 4.69) is 34.7 Å². The first-order chi connectivity index (χ1) is 16.0. The fraction of sp³-hybridized carbons (Fsp3) is 0.0769. The van der Waals surface area contributed by atoms with Crippen LogP contribution < -0.4 is 0 Å². The molecule has 0 fully saturated rings. The highest BCUT2D eigenvalue weighted by molar-refractivity contribution is 8.05. The molecule has 0 saturated heterocycles. The zero-order valence-corrected chi connectivity index (χ0v) is 20.7. The summed E-state index contributed by atoms with van der Waals surface area (Å²) in [6.45, 7) is 2.74. The molecule has 33 heavy (non-hydrogen) atoms. The maximum atomic E-state index is 9.89. The smallest absolute Gasteiger partial charge is 0.156 e. The summed E-state index contributed by atoms with van der Waals surface area (Å²) in [5, 5.41) is 12.1. The second kappa shape index (κ2) is 9.24. The quantitative estimate of drug-likeness (QED) is 0.177. The molecule has 0 amide bonds. The molecule has 0 aliphatic rings. The van der Waals surface area contributed by atoms with Crippen LogP contribution >= 0.6 is 46.3 Å². The first-order valence-corrected chi connectivity index (χ1v) is 12.6. The maximum Gasteiger partial charge on any atom is 0.156 e. The third kappa shape index (κ3) is 4.40. The van der Waals surface area contributed by atoms with Crippen molar-refractivity contribution in [3.05, 3.63) is 98.5 Å². The van der Waals surface area contributed by atoms with E-state index in [4.69, 9.17) is 23.2 Å². The van der Waals surface area contributed by atoms with Gasteiger partial charge in [-0.1, -0.05) is 59.6 Å². The molecule has 7 heteroatoms. The lowest BCUT2D eigenvalue weighted by atomic mass is 10.1. The van der Waals surface area contributed by atoms with Crippen molar-refractivity contribution in [2.75, 3.05) is 0 Å². The van der Waals surface area contributed by atoms with E-state index in [0.717, 1.165) is 42.3 Å². The third-order valence-electron chi connectivity index (χ3n) is 5.46. The van der Waals surface area contributed by atoms with Crippen LogP contribution in [0.3, 0.4) is 0 Å². The van der Waals surface area contributed by atoms with Crippen LogP contribution in [0.5, 0.6) is 0 Å². The number of fused-ring (bicyclic) bond motifs is 2. The maximum absolute atomic E-state index is 9.89. The summed E-state index contributed by atoms with van der Waals surface area (Å²) >= 11 is 15.3. The Bertz CT molecular complexity index is 1540. The van der Waals surface area contributed by atoms with E-state index >= 15 is 0 Å². The minimum Gasteiger partial charge on any atom is -0.340 e. The predicted molar refractivity (Wildman–Crippen MR) is 141 cm³/mol. The Labute approximate surface area is 209 Å². The van der Waals surface area contributed by atoms with Gasteiger partial charge in [0.25, 0.3) is 0 Å². The van der Waals surface area contributed by atoms with Gasteiger partial charge in [-0.2, -0.15) is 5.26 Å². The number of thiazole rings is 1. The van der Waals surface area contributed by atoms with Gasteiger partial charge < -0.3 is 4.57 Å². The Hall–Kier alpha value is -2.75. The first kappa shape index (κ1) is 22.1. The number of thioether (sulfide) groups is 1. The van der Waals surface area contributed by atoms with Gasteiger partial charge in [-0.25, -0.2) is 4.98 Å². The Balaban J connectivity index is 1.55. The van der Waals surface area contributed by atoms with Crippen LogP contribution in [0.4, 0.5) is 0 Å². The summed E-state index contributed by atoms with van der Waals surface area (Å²) in [4.78, 5) is 5.27. The summed E-state index contributed by atoms with van der Waals surface area (Å²) in [6.07, 6.45) is 1.97. The summed E-state index contributed by atoms with van der Waals surface area (Å²) in [5.41, 5.74) is 5.25. The molecule has 162 valence electrons. The summed E-state index contributed by atoms with van der Waals surface area (Å²) in [5.74, 6) is 0. The predicted octanol–water partition coefficient (Wildman–Crippen LogP) is 8.57. The highest BCUT2D eigenvalue weighted by Crippen LogP contribution is 2.36. The molecule has 0 spiro atoms. The second-order valence-corrected chi connectivity index (χ2v) is 10.7. The molecule has 3 aromatic carbocycles. The topological polar surface area (TPSA) is 41.6 Å². The molecule has 0 atom stereocenters. The number of allylic oxidation sites excluding steroid dienone is 1. The van der Waals surface area contributed by atoms with E-state index in [1.807, 2.05) is 60.7 Å². The van der Waals surface area contributed by atoms with Crippen LogP contribution in [0.2, 0.25) is 10.0 Å². The molecular weight excluding hydrogens is 489 g/mol. The zero-order chi connectivity index (χ0) is 22.9. The molecule has 0 aliphatic heterocycles. The second-order valence-electron chi connectivity index (χ2n) is 7.52. The lowest BCUT2D eigenvalue weighted by molar-refractivity contribution is 0.804. The van der Waals surface area contributed by atoms with Gasteiger partial charge in [0, 0.05) is 28.7 Å². The van der Waals surface area contributed by atoms with Gasteiger partial charge in [-0.15, -0.1) is 11.3 Å². The zero-order valence-electron chi connectivity index (χ0n) is 17.5. The Morgan fingerprint density at radius 1 is 1.09 bits per heavy atom. The lowest BCUT2D eigenvalue weighted by Crippen LogP contribution is -2.02. The van der Waals surface area contributed by atoms with Gasteiger partial charge in [-0.05, 0) is 60.7 Å². The number of aromatic nitrogens is 2. The van der Waals surface area contributed by atoms with Crippen molar-refractivity contribution in [2.45, 2.75) is 17.8 Å². The van der Waals surface area contributed by atoms with Crippen LogP contribution in [0.15, 0.2) is 76.0 Å². The number of hydrogen-bond acceptors (Lipinski definition) is 4. The highest BCUT2D eigenvalue weighted by Gasteiger charge is 2.15. The molecule has 5 aromatic rings. The fourth-order valence-electron chi connectivity index (χ4n) is 3.87. The van der Waals surface area contributed by atoms with E-state index in [9.17, 15) is 5.26 Å². The third-order valence-corrected chi connectivity index (χ3v) is 8.23. The van der Waals surface area contributed by atoms with Gasteiger partial charge >= 0.3 is 0 Å². The van der Waals surface area contributed by atoms with Crippen LogP contribution in [0.25, 0.3) is 27.2 Å². The van der Waals surface area contributed by atoms with E-state index in [0.29, 0.717) is 21.5 Å². The molecule has 2 aromatic heterocycles. The average molecular weight is 506 g/mol. The number of para-hydroxylation sites is 2. The highest BCUT2D eigenvalue weighted by atomic mass is 35.5. The Kier molecular flexibility index (Phi) is 6.18. The van der Waals surface area contributed by atoms with Crippen molar-refractivity contribution >= 4 is 73.5 Å². The van der Waals surface area contributed by atoms with Gasteiger partial charge in [0.1, 0.15) is 6.07 Å². The molecule has 0 unspecified atom stereocenters. The fourth-order valence-corrected chi connectivity index (χ4v) is 6.15. The molecule has 2 heterocycles.